The molecule has 12 aromatic carbocycles. The molecule has 12 aromatic rings. The molecule has 0 bridgehead atoms. The van der Waals surface area contributed by atoms with Crippen molar-refractivity contribution in [3.63, 3.8) is 0 Å². The lowest BCUT2D eigenvalue weighted by molar-refractivity contribution is -0.0635. The first-order chi connectivity index (χ1) is 71.1. The predicted octanol–water partition coefficient (Wildman–Crippen LogP) is 20.5. The first-order valence-corrected chi connectivity index (χ1v) is 57.1. The van der Waals surface area contributed by atoms with E-state index in [9.17, 15) is 70.2 Å². The molecule has 0 amide bonds. The van der Waals surface area contributed by atoms with Gasteiger partial charge in [-0.05, 0) is 305 Å². The summed E-state index contributed by atoms with van der Waals surface area (Å²) in [5, 5.41) is 20.5. The quantitative estimate of drug-likeness (QED) is 0.0602. The number of hydrogen-bond donors (Lipinski definition) is 2. The van der Waals surface area contributed by atoms with E-state index in [0.717, 1.165) is 173 Å². The zero-order valence-electron chi connectivity index (χ0n) is 85.6. The molecule has 20 rings (SSSR count). The summed E-state index contributed by atoms with van der Waals surface area (Å²) in [5.74, 6) is -3.64. The number of fused-ring (bicyclic) bond motifs is 4. The van der Waals surface area contributed by atoms with Gasteiger partial charge in [-0.3, -0.25) is 19.6 Å². The average Bonchev–Trinajstić information content (AvgIpc) is 0.744. The molecule has 2 N–H and O–H groups in total. The van der Waals surface area contributed by atoms with Gasteiger partial charge in [-0.2, -0.15) is 17.2 Å². The van der Waals surface area contributed by atoms with Gasteiger partial charge in [-0.25, -0.2) is 60.0 Å². The molecule has 0 saturated carbocycles. The van der Waals surface area contributed by atoms with Crippen LogP contribution in [0.4, 0.5) is 26.3 Å². The van der Waals surface area contributed by atoms with Crippen molar-refractivity contribution < 1.29 is 79.7 Å². The Morgan fingerprint density at radius 2 is 0.507 bits per heavy atom. The molecule has 0 spiro atoms. The smallest absolute Gasteiger partial charge is 0.243 e. The molecule has 4 unspecified atom stereocenters. The molecule has 8 aliphatic rings. The van der Waals surface area contributed by atoms with Crippen molar-refractivity contribution in [2.45, 2.75) is 198 Å². The lowest BCUT2D eigenvalue weighted by Gasteiger charge is -2.57. The van der Waals surface area contributed by atoms with E-state index < -0.39 is 63.4 Å². The highest BCUT2D eigenvalue weighted by molar-refractivity contribution is 7.90. The van der Waals surface area contributed by atoms with Gasteiger partial charge in [0.25, 0.3) is 0 Å². The number of sulfonamides is 4. The highest BCUT2D eigenvalue weighted by atomic mass is 32.2. The predicted molar refractivity (Wildman–Crippen MR) is 569 cm³/mol. The summed E-state index contributed by atoms with van der Waals surface area (Å²) in [6.07, 6.45) is 6.81. The van der Waals surface area contributed by atoms with Crippen molar-refractivity contribution in [3.05, 3.63) is 356 Å². The first kappa shape index (κ1) is 109. The lowest BCUT2D eigenvalue weighted by atomic mass is 9.74. The van der Waals surface area contributed by atoms with Gasteiger partial charge in [-0.1, -0.05) is 194 Å². The number of aryl methyl sites for hydroxylation is 6. The van der Waals surface area contributed by atoms with Crippen molar-refractivity contribution in [1.29, 1.82) is 0 Å². The molecular weight excluding hydrogens is 1960 g/mol. The molecule has 0 radical (unpaired) electrons. The summed E-state index contributed by atoms with van der Waals surface area (Å²) in [6, 6.07) is 76.3. The number of benzene rings is 12. The number of methoxy groups -OCH3 is 2. The van der Waals surface area contributed by atoms with Gasteiger partial charge in [0.1, 0.15) is 11.6 Å². The van der Waals surface area contributed by atoms with Crippen molar-refractivity contribution in [1.82, 2.24) is 36.8 Å². The zero-order valence-corrected chi connectivity index (χ0v) is 88.9. The Labute approximate surface area is 869 Å². The van der Waals surface area contributed by atoms with Crippen LogP contribution >= 0.6 is 0 Å². The SMILES string of the molecule is COC[C@@H]1[C@@H](c2ccc(-c3ccc(F)c(F)c3C)cc2)C2CN(S(=O)(=O)c3ccccc3C)CCCCN21.COC[C@@H]1[C@@H](c2ccc(-c3ccc(F)cc3C)cc2)C2CN(S(=O)(=O)c3ccccc3C)CCCCN21.Cc1cc(F)ccc1-c1ccc([C@H]2C3CN(S(=O)(=O)c4ccccc4C)CCCCN3[C@@H]2CO)cc1.Cc1ccccc1S(=O)(=O)N1CCCCN2C(C1)[C@H](c1ccc(-c3ccc(F)c(F)c3C)cc1)[C@H]2CO. The highest BCUT2D eigenvalue weighted by Crippen LogP contribution is 2.50. The maximum Gasteiger partial charge on any atom is 0.243 e. The number of aliphatic hydroxyl groups excluding tert-OH is 2. The highest BCUT2D eigenvalue weighted by Gasteiger charge is 2.55. The van der Waals surface area contributed by atoms with E-state index >= 15 is 0 Å². The zero-order chi connectivity index (χ0) is 105. The molecule has 8 saturated heterocycles. The Morgan fingerprint density at radius 1 is 0.277 bits per heavy atom. The maximum absolute atomic E-state index is 14.2. The van der Waals surface area contributed by atoms with Crippen LogP contribution in [0.25, 0.3) is 44.5 Å². The number of nitrogens with zero attached hydrogens (tertiary/aromatic N) is 8. The van der Waals surface area contributed by atoms with Crippen LogP contribution in [-0.2, 0) is 49.6 Å². The number of aliphatic hydroxyl groups is 2. The molecule has 30 heteroatoms. The molecule has 148 heavy (non-hydrogen) atoms. The first-order valence-electron chi connectivity index (χ1n) is 51.4. The van der Waals surface area contributed by atoms with Gasteiger partial charge < -0.3 is 19.7 Å². The Morgan fingerprint density at radius 3 is 0.750 bits per heavy atom. The third-order valence-electron chi connectivity index (χ3n) is 32.0. The monoisotopic (exact) mass is 2100 g/mol. The van der Waals surface area contributed by atoms with Gasteiger partial charge in [0.2, 0.25) is 40.1 Å². The Hall–Kier alpha value is -10.5. The fourth-order valence-corrected chi connectivity index (χ4v) is 31.0. The number of halogens is 6. The van der Waals surface area contributed by atoms with E-state index in [0.29, 0.717) is 96.3 Å². The third kappa shape index (κ3) is 22.3. The van der Waals surface area contributed by atoms with Crippen LogP contribution in [0.2, 0.25) is 0 Å². The summed E-state index contributed by atoms with van der Waals surface area (Å²) < 4.78 is 210. The van der Waals surface area contributed by atoms with Crippen molar-refractivity contribution in [2.24, 2.45) is 0 Å². The average molecular weight is 2100 g/mol. The largest absolute Gasteiger partial charge is 0.395 e. The van der Waals surface area contributed by atoms with Gasteiger partial charge in [0.05, 0.1) is 46.0 Å². The molecule has 784 valence electrons. The molecule has 12 atom stereocenters. The minimum atomic E-state index is -3.66. The van der Waals surface area contributed by atoms with Gasteiger partial charge in [-0.15, -0.1) is 0 Å². The Kier molecular flexibility index (Phi) is 34.4. The molecule has 0 aliphatic carbocycles. The summed E-state index contributed by atoms with van der Waals surface area (Å²) in [5.41, 5.74) is 16.6. The Bertz CT molecular complexity index is 7210. The van der Waals surface area contributed by atoms with Crippen LogP contribution in [0.5, 0.6) is 0 Å². The standard InChI is InChI=1S/C30H34F2N2O3S.C30H35FN2O3S.C29H32F2N2O3S.C29H33FN2O3S/c1-20-8-4-5-9-28(20)38(35,36)33-16-6-7-17-34-26(18-33)29(27(34)19-37-3)23-12-10-22(11-13-23)24-14-15-25(31)30(32)21(24)2;1-21-8-4-5-9-29(21)37(34,35)32-16-6-7-17-33-27(19-32)30(28(33)20-36-3)24-12-10-23(11-13-24)26-15-14-25(31)18-22(26)2;1-19-7-3-4-8-27(19)37(35,36)32-15-5-6-16-33-25(17-32)28(26(33)18-34)22-11-9-21(10-12-22)23-13-14-24(30)29(31)20(23)2;1-20-7-3-4-8-28(20)36(34,35)31-15-5-6-16-32-26(18-31)29(27(32)19-33)23-11-9-22(10-12-23)25-14-13-24(30)17-21(25)2/h4-5,8-15,26-27,29H,6-7,16-19H2,1-3H3;4-5,8-15,18,27-28,30H,6-7,16-17,19-20H2,1-3H3;3-4,7-14,25-26,28,34H,5-6,15-18H2,1-2H3;3-4,7-14,17,26-27,29,33H,5-6,15-16,18-19H2,1-2H3/t26?,27-,29+;27?,28-,30+;25?,26-,28+;26?,27-,29+/m1111/s1. The minimum Gasteiger partial charge on any atom is -0.395 e. The molecule has 0 aromatic heterocycles. The Balaban J connectivity index is 0.000000135. The van der Waals surface area contributed by atoms with Crippen LogP contribution < -0.4 is 0 Å². The van der Waals surface area contributed by atoms with E-state index in [1.165, 1.54) is 23.8 Å². The van der Waals surface area contributed by atoms with E-state index in [2.05, 4.69) is 56.0 Å². The normalized spacial score (nSPS) is 23.1. The van der Waals surface area contributed by atoms with Crippen LogP contribution in [-0.4, -0.2) is 248 Å². The lowest BCUT2D eigenvalue weighted by Crippen LogP contribution is -2.68. The van der Waals surface area contributed by atoms with E-state index in [1.807, 2.05) is 157 Å². The number of rotatable bonds is 22. The van der Waals surface area contributed by atoms with Gasteiger partial charge in [0, 0.05) is 139 Å². The molecule has 8 heterocycles. The second kappa shape index (κ2) is 46.8. The van der Waals surface area contributed by atoms with E-state index in [-0.39, 0.29) is 108 Å². The number of hydrogen-bond acceptors (Lipinski definition) is 16. The fraction of sp³-hybridized carbons (Fsp3) is 0.390. The van der Waals surface area contributed by atoms with Gasteiger partial charge >= 0.3 is 0 Å². The maximum atomic E-state index is 14.2. The van der Waals surface area contributed by atoms with Crippen LogP contribution in [0.1, 0.15) is 142 Å². The topological polar surface area (TPSA) is 221 Å². The second-order valence-electron chi connectivity index (χ2n) is 40.7. The van der Waals surface area contributed by atoms with Crippen molar-refractivity contribution >= 4 is 40.1 Å². The summed E-state index contributed by atoms with van der Waals surface area (Å²) in [6.45, 7) is 22.6. The molecule has 8 aliphatic heterocycles. The summed E-state index contributed by atoms with van der Waals surface area (Å²) in [7, 11) is -11.1. The summed E-state index contributed by atoms with van der Waals surface area (Å²) in [4.78, 5) is 10.8. The van der Waals surface area contributed by atoms with Crippen LogP contribution in [0.3, 0.4) is 0 Å². The van der Waals surface area contributed by atoms with Crippen molar-refractivity contribution in [3.8, 4) is 44.5 Å². The summed E-state index contributed by atoms with van der Waals surface area (Å²) >= 11 is 0. The minimum absolute atomic E-state index is 0.000323. The van der Waals surface area contributed by atoms with Crippen LogP contribution in [0, 0.1) is 90.3 Å². The van der Waals surface area contributed by atoms with Crippen LogP contribution in [0.15, 0.2) is 274 Å². The van der Waals surface area contributed by atoms with E-state index in [4.69, 9.17) is 9.47 Å². The van der Waals surface area contributed by atoms with Crippen molar-refractivity contribution in [2.75, 3.05) is 119 Å². The number of ether oxygens (including phenoxy) is 2. The molecule has 8 fully saturated rings. The fourth-order valence-electron chi connectivity index (χ4n) is 24.1. The molecule has 20 nitrogen and oxygen atoms in total. The molecular formula is C118H134F6N8O12S4. The second-order valence-corrected chi connectivity index (χ2v) is 48.3. The van der Waals surface area contributed by atoms with E-state index in [1.54, 1.807) is 118 Å². The third-order valence-corrected chi connectivity index (χ3v) is 40.1. The van der Waals surface area contributed by atoms with Gasteiger partial charge in [0.15, 0.2) is 23.3 Å².